The van der Waals surface area contributed by atoms with E-state index >= 15 is 0 Å². The second kappa shape index (κ2) is 4.87. The number of hydrogen-bond donors (Lipinski definition) is 0. The predicted molar refractivity (Wildman–Crippen MR) is 65.7 cm³/mol. The molecular formula is C12H13N3O3. The van der Waals surface area contributed by atoms with Gasteiger partial charge in [-0.2, -0.15) is 5.10 Å². The number of ether oxygens (including phenoxy) is 1. The minimum absolute atomic E-state index is 0.0215. The third kappa shape index (κ3) is 2.65. The summed E-state index contributed by atoms with van der Waals surface area (Å²) in [5, 5.41) is 15.0. The molecule has 0 aliphatic heterocycles. The summed E-state index contributed by atoms with van der Waals surface area (Å²) in [5.41, 5.74) is 1.71. The molecule has 0 N–H and O–H groups in total. The van der Waals surface area contributed by atoms with Crippen LogP contribution in [0.25, 0.3) is 0 Å². The summed E-state index contributed by atoms with van der Waals surface area (Å²) in [6, 6.07) is 6.58. The van der Waals surface area contributed by atoms with Gasteiger partial charge < -0.3 is 4.74 Å². The molecule has 6 heteroatoms. The first-order valence-electron chi connectivity index (χ1n) is 5.41. The number of rotatable bonds is 4. The van der Waals surface area contributed by atoms with Crippen molar-refractivity contribution in [3.8, 4) is 5.75 Å². The summed E-state index contributed by atoms with van der Waals surface area (Å²) < 4.78 is 6.78. The van der Waals surface area contributed by atoms with Crippen LogP contribution < -0.4 is 4.74 Å². The number of aryl methyl sites for hydroxylation is 1. The van der Waals surface area contributed by atoms with Gasteiger partial charge in [0.1, 0.15) is 5.75 Å². The highest BCUT2D eigenvalue weighted by molar-refractivity contribution is 5.42. The Bertz CT molecular complexity index is 578. The lowest BCUT2D eigenvalue weighted by molar-refractivity contribution is -0.385. The van der Waals surface area contributed by atoms with Crippen molar-refractivity contribution in [2.75, 3.05) is 7.11 Å². The Morgan fingerprint density at radius 1 is 1.44 bits per heavy atom. The van der Waals surface area contributed by atoms with E-state index in [9.17, 15) is 10.1 Å². The number of methoxy groups -OCH3 is 1. The fourth-order valence-electron chi connectivity index (χ4n) is 1.70. The number of benzene rings is 1. The van der Waals surface area contributed by atoms with Gasteiger partial charge in [0.2, 0.25) is 0 Å². The highest BCUT2D eigenvalue weighted by Crippen LogP contribution is 2.23. The van der Waals surface area contributed by atoms with Crippen LogP contribution in [0.1, 0.15) is 11.3 Å². The Labute approximate surface area is 104 Å². The number of aromatic nitrogens is 2. The molecule has 1 aromatic heterocycles. The first-order chi connectivity index (χ1) is 8.58. The molecule has 94 valence electrons. The second-order valence-corrected chi connectivity index (χ2v) is 3.95. The maximum atomic E-state index is 10.8. The van der Waals surface area contributed by atoms with Crippen LogP contribution in [0, 0.1) is 17.0 Å². The van der Waals surface area contributed by atoms with Crippen LogP contribution in [0.5, 0.6) is 5.75 Å². The zero-order chi connectivity index (χ0) is 13.1. The lowest BCUT2D eigenvalue weighted by Gasteiger charge is -2.05. The third-order valence-electron chi connectivity index (χ3n) is 2.52. The zero-order valence-electron chi connectivity index (χ0n) is 10.2. The van der Waals surface area contributed by atoms with Gasteiger partial charge in [0, 0.05) is 12.3 Å². The summed E-state index contributed by atoms with van der Waals surface area (Å²) in [4.78, 5) is 10.4. The molecule has 0 bridgehead atoms. The van der Waals surface area contributed by atoms with Crippen LogP contribution in [0.4, 0.5) is 5.69 Å². The van der Waals surface area contributed by atoms with E-state index in [2.05, 4.69) is 5.10 Å². The van der Waals surface area contributed by atoms with Crippen LogP contribution in [-0.4, -0.2) is 21.8 Å². The molecule has 1 heterocycles. The van der Waals surface area contributed by atoms with Crippen molar-refractivity contribution in [3.63, 3.8) is 0 Å². The average Bonchev–Trinajstić information content (AvgIpc) is 2.74. The zero-order valence-corrected chi connectivity index (χ0v) is 10.2. The Hall–Kier alpha value is -2.37. The summed E-state index contributed by atoms with van der Waals surface area (Å²) in [5.74, 6) is 0.475. The quantitative estimate of drug-likeness (QED) is 0.613. The van der Waals surface area contributed by atoms with E-state index in [-0.39, 0.29) is 5.69 Å². The molecule has 0 radical (unpaired) electrons. The maximum Gasteiger partial charge on any atom is 0.273 e. The van der Waals surface area contributed by atoms with Crippen molar-refractivity contribution in [1.29, 1.82) is 0 Å². The number of nitrogens with zero attached hydrogens (tertiary/aromatic N) is 3. The first kappa shape index (κ1) is 12.1. The monoisotopic (exact) mass is 247 g/mol. The highest BCUT2D eigenvalue weighted by atomic mass is 16.6. The van der Waals surface area contributed by atoms with E-state index in [1.54, 1.807) is 10.7 Å². The van der Waals surface area contributed by atoms with Crippen molar-refractivity contribution >= 4 is 5.69 Å². The molecule has 0 spiro atoms. The van der Waals surface area contributed by atoms with Gasteiger partial charge in [-0.25, -0.2) is 0 Å². The van der Waals surface area contributed by atoms with Gasteiger partial charge in [-0.1, -0.05) is 0 Å². The minimum Gasteiger partial charge on any atom is -0.496 e. The first-order valence-corrected chi connectivity index (χ1v) is 5.41. The lowest BCUT2D eigenvalue weighted by Crippen LogP contribution is -2.02. The minimum atomic E-state index is -0.430. The van der Waals surface area contributed by atoms with Gasteiger partial charge in [-0.15, -0.1) is 0 Å². The largest absolute Gasteiger partial charge is 0.496 e. The topological polar surface area (TPSA) is 70.2 Å². The second-order valence-electron chi connectivity index (χ2n) is 3.95. The molecule has 2 aromatic rings. The molecule has 6 nitrogen and oxygen atoms in total. The summed E-state index contributed by atoms with van der Waals surface area (Å²) in [7, 11) is 1.49. The van der Waals surface area contributed by atoms with E-state index in [4.69, 9.17) is 4.74 Å². The maximum absolute atomic E-state index is 10.8. The molecule has 0 amide bonds. The van der Waals surface area contributed by atoms with E-state index in [1.165, 1.54) is 19.2 Å². The Kier molecular flexibility index (Phi) is 3.27. The fourth-order valence-corrected chi connectivity index (χ4v) is 1.70. The number of nitro groups is 1. The standard InChI is InChI=1S/C12H13N3O3/c1-9-3-4-14(13-9)8-10-5-11(15(16)17)7-12(6-10)18-2/h3-7H,8H2,1-2H3. The molecule has 0 saturated heterocycles. The van der Waals surface area contributed by atoms with Crippen molar-refractivity contribution in [2.24, 2.45) is 0 Å². The predicted octanol–water partition coefficient (Wildman–Crippen LogP) is 2.16. The Morgan fingerprint density at radius 2 is 2.22 bits per heavy atom. The van der Waals surface area contributed by atoms with Crippen molar-refractivity contribution in [2.45, 2.75) is 13.5 Å². The average molecular weight is 247 g/mol. The highest BCUT2D eigenvalue weighted by Gasteiger charge is 2.10. The summed E-state index contributed by atoms with van der Waals surface area (Å²) in [6.07, 6.45) is 1.83. The van der Waals surface area contributed by atoms with Crippen molar-refractivity contribution in [1.82, 2.24) is 9.78 Å². The van der Waals surface area contributed by atoms with Crippen molar-refractivity contribution < 1.29 is 9.66 Å². The SMILES string of the molecule is COc1cc(Cn2ccc(C)n2)cc([N+](=O)[O-])c1. The van der Waals surface area contributed by atoms with E-state index < -0.39 is 4.92 Å². The van der Waals surface area contributed by atoms with Crippen molar-refractivity contribution in [3.05, 3.63) is 51.8 Å². The summed E-state index contributed by atoms with van der Waals surface area (Å²) in [6.45, 7) is 2.37. The number of hydrogen-bond acceptors (Lipinski definition) is 4. The normalized spacial score (nSPS) is 10.3. The van der Waals surface area contributed by atoms with Crippen LogP contribution >= 0.6 is 0 Å². The molecular weight excluding hydrogens is 234 g/mol. The van der Waals surface area contributed by atoms with Gasteiger partial charge >= 0.3 is 0 Å². The lowest BCUT2D eigenvalue weighted by atomic mass is 10.2. The Balaban J connectivity index is 2.32. The molecule has 0 unspecified atom stereocenters. The molecule has 0 atom stereocenters. The molecule has 0 saturated carbocycles. The van der Waals surface area contributed by atoms with Crippen LogP contribution in [-0.2, 0) is 6.54 Å². The van der Waals surface area contributed by atoms with Gasteiger partial charge in [-0.3, -0.25) is 14.8 Å². The molecule has 1 aromatic carbocycles. The van der Waals surface area contributed by atoms with Gasteiger partial charge in [0.25, 0.3) is 5.69 Å². The Morgan fingerprint density at radius 3 is 2.78 bits per heavy atom. The summed E-state index contributed by atoms with van der Waals surface area (Å²) >= 11 is 0. The fraction of sp³-hybridized carbons (Fsp3) is 0.250. The molecule has 0 aliphatic carbocycles. The van der Waals surface area contributed by atoms with Crippen LogP contribution in [0.15, 0.2) is 30.5 Å². The number of nitro benzene ring substituents is 1. The molecule has 0 aliphatic rings. The van der Waals surface area contributed by atoms with E-state index in [1.807, 2.05) is 19.2 Å². The van der Waals surface area contributed by atoms with E-state index in [0.29, 0.717) is 12.3 Å². The van der Waals surface area contributed by atoms with E-state index in [0.717, 1.165) is 11.3 Å². The van der Waals surface area contributed by atoms with Gasteiger partial charge in [0.15, 0.2) is 0 Å². The van der Waals surface area contributed by atoms with Gasteiger partial charge in [0.05, 0.1) is 30.3 Å². The number of non-ortho nitro benzene ring substituents is 1. The van der Waals surface area contributed by atoms with Crippen LogP contribution in [0.2, 0.25) is 0 Å². The molecule has 0 fully saturated rings. The van der Waals surface area contributed by atoms with Crippen LogP contribution in [0.3, 0.4) is 0 Å². The molecule has 2 rings (SSSR count). The third-order valence-corrected chi connectivity index (χ3v) is 2.52. The van der Waals surface area contributed by atoms with Gasteiger partial charge in [-0.05, 0) is 24.6 Å². The molecule has 18 heavy (non-hydrogen) atoms. The smallest absolute Gasteiger partial charge is 0.273 e.